The topological polar surface area (TPSA) is 64.1 Å². The largest absolute Gasteiger partial charge is 0.494 e. The summed E-state index contributed by atoms with van der Waals surface area (Å²) in [5, 5.41) is 1.13. The molecule has 0 spiro atoms. The fourth-order valence-corrected chi connectivity index (χ4v) is 5.13. The Balaban J connectivity index is 1.70. The molecule has 0 radical (unpaired) electrons. The van der Waals surface area contributed by atoms with Crippen LogP contribution in [-0.4, -0.2) is 61.3 Å². The van der Waals surface area contributed by atoms with Gasteiger partial charge in [0.2, 0.25) is 6.10 Å². The van der Waals surface area contributed by atoms with Crippen molar-refractivity contribution >= 4 is 44.2 Å². The van der Waals surface area contributed by atoms with Crippen molar-refractivity contribution in [2.24, 2.45) is 0 Å². The van der Waals surface area contributed by atoms with E-state index in [-0.39, 0.29) is 5.91 Å². The molecule has 176 valence electrons. The van der Waals surface area contributed by atoms with Crippen molar-refractivity contribution in [3.8, 4) is 17.2 Å². The minimum atomic E-state index is -0.791. The van der Waals surface area contributed by atoms with Gasteiger partial charge in [-0.3, -0.25) is 9.69 Å². The molecular weight excluding hydrogens is 462 g/mol. The van der Waals surface area contributed by atoms with Crippen LogP contribution in [0.3, 0.4) is 0 Å². The second kappa shape index (κ2) is 10.2. The number of carbonyl (C=O) groups excluding carboxylic acids is 1. The normalized spacial score (nSPS) is 17.4. The van der Waals surface area contributed by atoms with Crippen molar-refractivity contribution in [2.75, 3.05) is 38.2 Å². The lowest BCUT2D eigenvalue weighted by atomic mass is 10.1. The lowest BCUT2D eigenvalue weighted by Gasteiger charge is -2.34. The van der Waals surface area contributed by atoms with E-state index < -0.39 is 12.2 Å². The third kappa shape index (κ3) is 4.74. The summed E-state index contributed by atoms with van der Waals surface area (Å²) >= 11 is 7.82. The van der Waals surface area contributed by atoms with Crippen molar-refractivity contribution in [1.29, 1.82) is 0 Å². The summed E-state index contributed by atoms with van der Waals surface area (Å²) in [5.41, 5.74) is 0.643. The summed E-state index contributed by atoms with van der Waals surface area (Å²) in [7, 11) is 1.59. The number of carbonyl (C=O) groups is 1. The highest BCUT2D eigenvalue weighted by molar-refractivity contribution is 7.23. The van der Waals surface area contributed by atoms with E-state index in [1.54, 1.807) is 24.1 Å². The van der Waals surface area contributed by atoms with Gasteiger partial charge in [0.1, 0.15) is 17.4 Å². The van der Waals surface area contributed by atoms with E-state index in [0.29, 0.717) is 46.0 Å². The summed E-state index contributed by atoms with van der Waals surface area (Å²) in [6, 6.07) is 11.0. The van der Waals surface area contributed by atoms with Gasteiger partial charge in [0.15, 0.2) is 16.6 Å². The molecule has 4 rings (SSSR count). The number of hydrogen-bond donors (Lipinski definition) is 0. The maximum absolute atomic E-state index is 13.8. The zero-order chi connectivity index (χ0) is 23.5. The molecule has 0 bridgehead atoms. The van der Waals surface area contributed by atoms with Gasteiger partial charge in [0.05, 0.1) is 16.8 Å². The molecule has 1 amide bonds. The molecule has 0 saturated heterocycles. The quantitative estimate of drug-likeness (QED) is 0.450. The first-order chi connectivity index (χ1) is 16.0. The molecule has 1 aliphatic rings. The summed E-state index contributed by atoms with van der Waals surface area (Å²) in [6.45, 7) is 9.02. The van der Waals surface area contributed by atoms with Crippen LogP contribution in [0, 0.1) is 0 Å². The summed E-state index contributed by atoms with van der Waals surface area (Å²) < 4.78 is 18.4. The van der Waals surface area contributed by atoms with Crippen molar-refractivity contribution in [1.82, 2.24) is 9.88 Å². The number of aromatic nitrogens is 1. The highest BCUT2D eigenvalue weighted by Crippen LogP contribution is 2.40. The molecule has 2 aromatic carbocycles. The zero-order valence-electron chi connectivity index (χ0n) is 19.2. The molecule has 7 nitrogen and oxygen atoms in total. The zero-order valence-corrected chi connectivity index (χ0v) is 20.8. The monoisotopic (exact) mass is 489 g/mol. The van der Waals surface area contributed by atoms with Gasteiger partial charge in [-0.25, -0.2) is 4.98 Å². The van der Waals surface area contributed by atoms with Crippen molar-refractivity contribution in [2.45, 2.75) is 33.0 Å². The lowest BCUT2D eigenvalue weighted by molar-refractivity contribution is -0.130. The predicted octanol–water partition coefficient (Wildman–Crippen LogP) is 4.86. The number of fused-ring (bicyclic) bond motifs is 2. The fraction of sp³-hybridized carbons (Fsp3) is 0.417. The molecule has 0 fully saturated rings. The van der Waals surface area contributed by atoms with Gasteiger partial charge >= 0.3 is 0 Å². The Morgan fingerprint density at radius 3 is 2.48 bits per heavy atom. The van der Waals surface area contributed by atoms with Crippen LogP contribution < -0.4 is 19.1 Å². The number of benzene rings is 2. The number of anilines is 1. The minimum Gasteiger partial charge on any atom is -0.494 e. The fourth-order valence-electron chi connectivity index (χ4n) is 3.85. The number of rotatable bonds is 8. The number of likely N-dealkylation sites (N-methyl/N-ethyl adjacent to an activating group) is 1. The van der Waals surface area contributed by atoms with Gasteiger partial charge < -0.3 is 19.1 Å². The second-order valence-corrected chi connectivity index (χ2v) is 9.13. The highest BCUT2D eigenvalue weighted by Gasteiger charge is 2.38. The van der Waals surface area contributed by atoms with E-state index in [1.807, 2.05) is 31.2 Å². The van der Waals surface area contributed by atoms with Crippen LogP contribution in [-0.2, 0) is 4.79 Å². The van der Waals surface area contributed by atoms with E-state index >= 15 is 0 Å². The number of ether oxygens (including phenoxy) is 3. The Bertz CT molecular complexity index is 1130. The van der Waals surface area contributed by atoms with Gasteiger partial charge in [-0.1, -0.05) is 48.9 Å². The number of amides is 1. The van der Waals surface area contributed by atoms with Crippen LogP contribution in [0.2, 0.25) is 5.02 Å². The Morgan fingerprint density at radius 1 is 1.12 bits per heavy atom. The molecule has 0 saturated carbocycles. The molecule has 2 unspecified atom stereocenters. The number of para-hydroxylation sites is 2. The number of halogens is 1. The van der Waals surface area contributed by atoms with Crippen LogP contribution in [0.15, 0.2) is 36.4 Å². The van der Waals surface area contributed by atoms with E-state index in [2.05, 4.69) is 18.7 Å². The van der Waals surface area contributed by atoms with Crippen molar-refractivity contribution < 1.29 is 19.0 Å². The van der Waals surface area contributed by atoms with Crippen LogP contribution >= 0.6 is 22.9 Å². The van der Waals surface area contributed by atoms with Crippen LogP contribution in [0.4, 0.5) is 5.13 Å². The number of methoxy groups -OCH3 is 1. The first-order valence-corrected chi connectivity index (χ1v) is 12.2. The van der Waals surface area contributed by atoms with E-state index in [9.17, 15) is 4.79 Å². The Kier molecular flexibility index (Phi) is 7.26. The maximum Gasteiger partial charge on any atom is 0.273 e. The lowest BCUT2D eigenvalue weighted by Crippen LogP contribution is -2.52. The van der Waals surface area contributed by atoms with Gasteiger partial charge in [0.25, 0.3) is 5.91 Å². The predicted molar refractivity (Wildman–Crippen MR) is 132 cm³/mol. The average Bonchev–Trinajstić information content (AvgIpc) is 3.27. The SMILES string of the molecule is CCN(CC)CCN(C(=O)C1Oc2ccccc2OC1C)c1nc2c(OC)ccc(Cl)c2s1. The standard InChI is InChI=1S/C24H28ClN3O4S/c1-5-27(6-2)13-14-28(24-26-20-19(30-4)12-11-16(25)22(20)33-24)23(29)21-15(3)31-17-9-7-8-10-18(17)32-21/h7-12,15,21H,5-6,13-14H2,1-4H3. The van der Waals surface area contributed by atoms with Gasteiger partial charge in [-0.05, 0) is 44.3 Å². The highest BCUT2D eigenvalue weighted by atomic mass is 35.5. The van der Waals surface area contributed by atoms with Gasteiger partial charge in [0, 0.05) is 13.1 Å². The smallest absolute Gasteiger partial charge is 0.273 e. The Hall–Kier alpha value is -2.55. The number of thiazole rings is 1. The van der Waals surface area contributed by atoms with Crippen molar-refractivity contribution in [3.63, 3.8) is 0 Å². The average molecular weight is 490 g/mol. The van der Waals surface area contributed by atoms with Gasteiger partial charge in [-0.15, -0.1) is 0 Å². The van der Waals surface area contributed by atoms with Crippen LogP contribution in [0.25, 0.3) is 10.2 Å². The molecule has 1 aromatic heterocycles. The summed E-state index contributed by atoms with van der Waals surface area (Å²) in [4.78, 5) is 22.5. The van der Waals surface area contributed by atoms with Gasteiger partial charge in [-0.2, -0.15) is 0 Å². The van der Waals surface area contributed by atoms with E-state index in [0.717, 1.165) is 17.8 Å². The Labute approximate surface area is 202 Å². The van der Waals surface area contributed by atoms with Crippen molar-refractivity contribution in [3.05, 3.63) is 41.4 Å². The molecule has 0 aliphatic carbocycles. The molecule has 33 heavy (non-hydrogen) atoms. The molecule has 3 aromatic rings. The number of hydrogen-bond acceptors (Lipinski definition) is 7. The van der Waals surface area contributed by atoms with Crippen LogP contribution in [0.5, 0.6) is 17.2 Å². The summed E-state index contributed by atoms with van der Waals surface area (Å²) in [5.74, 6) is 1.62. The molecule has 1 aliphatic heterocycles. The van der Waals surface area contributed by atoms with E-state index in [1.165, 1.54) is 11.3 Å². The minimum absolute atomic E-state index is 0.196. The molecule has 0 N–H and O–H groups in total. The second-order valence-electron chi connectivity index (χ2n) is 7.75. The first kappa shape index (κ1) is 23.6. The maximum atomic E-state index is 13.8. The molecule has 2 atom stereocenters. The first-order valence-electron chi connectivity index (χ1n) is 11.1. The third-order valence-electron chi connectivity index (χ3n) is 5.78. The Morgan fingerprint density at radius 2 is 1.82 bits per heavy atom. The third-order valence-corrected chi connectivity index (χ3v) is 7.32. The molecular formula is C24H28ClN3O4S. The van der Waals surface area contributed by atoms with Crippen LogP contribution in [0.1, 0.15) is 20.8 Å². The van der Waals surface area contributed by atoms with E-state index in [4.69, 9.17) is 30.8 Å². The summed E-state index contributed by atoms with van der Waals surface area (Å²) in [6.07, 6.45) is -1.24. The molecule has 9 heteroatoms. The molecule has 2 heterocycles. The number of nitrogens with zero attached hydrogens (tertiary/aromatic N) is 3.